The van der Waals surface area contributed by atoms with Gasteiger partial charge < -0.3 is 14.9 Å². The summed E-state index contributed by atoms with van der Waals surface area (Å²) in [5.41, 5.74) is 3.26. The molecule has 4 aromatic rings. The maximum Gasteiger partial charge on any atom is 0.251 e. The van der Waals surface area contributed by atoms with Crippen LogP contribution in [0.4, 0.5) is 4.39 Å². The van der Waals surface area contributed by atoms with Crippen molar-refractivity contribution in [2.75, 3.05) is 0 Å². The SMILES string of the molecule is Cc1nc(CC(NC(=O)CCn2c(C)cc3ccccc32)c2ccc(F)cc2)cc(=O)[nH]1. The van der Waals surface area contributed by atoms with E-state index < -0.39 is 6.04 Å². The van der Waals surface area contributed by atoms with Gasteiger partial charge >= 0.3 is 0 Å². The van der Waals surface area contributed by atoms with Crippen LogP contribution in [0.25, 0.3) is 10.9 Å². The Morgan fingerprint density at radius 2 is 1.88 bits per heavy atom. The number of nitrogens with one attached hydrogen (secondary N) is 2. The Kier molecular flexibility index (Phi) is 6.16. The fraction of sp³-hybridized carbons (Fsp3) is 0.240. The van der Waals surface area contributed by atoms with Crippen molar-refractivity contribution in [2.45, 2.75) is 39.3 Å². The van der Waals surface area contributed by atoms with E-state index in [0.717, 1.165) is 22.2 Å². The quantitative estimate of drug-likeness (QED) is 0.464. The molecule has 0 aliphatic rings. The normalized spacial score (nSPS) is 12.1. The van der Waals surface area contributed by atoms with Gasteiger partial charge in [-0.1, -0.05) is 30.3 Å². The molecule has 0 bridgehead atoms. The number of aromatic nitrogens is 3. The Hall–Kier alpha value is -3.74. The van der Waals surface area contributed by atoms with Crippen LogP contribution in [0.1, 0.15) is 35.2 Å². The second-order valence-corrected chi connectivity index (χ2v) is 7.94. The fourth-order valence-electron chi connectivity index (χ4n) is 4.03. The summed E-state index contributed by atoms with van der Waals surface area (Å²) in [6.07, 6.45) is 0.618. The molecule has 32 heavy (non-hydrogen) atoms. The van der Waals surface area contributed by atoms with Gasteiger partial charge in [0, 0.05) is 36.7 Å². The van der Waals surface area contributed by atoms with Crippen LogP contribution < -0.4 is 10.9 Å². The maximum atomic E-state index is 13.4. The Balaban J connectivity index is 1.52. The number of rotatable bonds is 7. The number of benzene rings is 2. The molecule has 0 fully saturated rings. The van der Waals surface area contributed by atoms with Crippen LogP contribution in [0, 0.1) is 19.7 Å². The Morgan fingerprint density at radius 3 is 2.62 bits per heavy atom. The molecule has 6 nitrogen and oxygen atoms in total. The molecule has 0 spiro atoms. The Bertz CT molecular complexity index is 1310. The molecule has 0 saturated heterocycles. The highest BCUT2D eigenvalue weighted by Gasteiger charge is 2.17. The number of halogens is 1. The van der Waals surface area contributed by atoms with Crippen molar-refractivity contribution in [1.29, 1.82) is 0 Å². The monoisotopic (exact) mass is 432 g/mol. The molecule has 1 unspecified atom stereocenters. The first-order chi connectivity index (χ1) is 15.4. The molecule has 0 saturated carbocycles. The van der Waals surface area contributed by atoms with Crippen LogP contribution in [-0.4, -0.2) is 20.4 Å². The van der Waals surface area contributed by atoms with Crippen molar-refractivity contribution < 1.29 is 9.18 Å². The van der Waals surface area contributed by atoms with Gasteiger partial charge in [-0.2, -0.15) is 0 Å². The molecule has 2 heterocycles. The topological polar surface area (TPSA) is 79.8 Å². The van der Waals surface area contributed by atoms with Crippen LogP contribution in [0.5, 0.6) is 0 Å². The lowest BCUT2D eigenvalue weighted by atomic mass is 10.0. The van der Waals surface area contributed by atoms with Gasteiger partial charge in [-0.05, 0) is 49.1 Å². The summed E-state index contributed by atoms with van der Waals surface area (Å²) in [7, 11) is 0. The van der Waals surface area contributed by atoms with Crippen molar-refractivity contribution >= 4 is 16.8 Å². The number of fused-ring (bicyclic) bond motifs is 1. The summed E-state index contributed by atoms with van der Waals surface area (Å²) >= 11 is 0. The average Bonchev–Trinajstić information content (AvgIpc) is 3.06. The minimum Gasteiger partial charge on any atom is -0.349 e. The van der Waals surface area contributed by atoms with Crippen LogP contribution in [0.15, 0.2) is 65.5 Å². The number of nitrogens with zero attached hydrogens (tertiary/aromatic N) is 2. The second kappa shape index (κ2) is 9.18. The van der Waals surface area contributed by atoms with Crippen molar-refractivity contribution in [3.63, 3.8) is 0 Å². The molecule has 7 heteroatoms. The summed E-state index contributed by atoms with van der Waals surface area (Å²) in [6, 6.07) is 17.2. The molecule has 4 rings (SSSR count). The molecule has 1 amide bonds. The first-order valence-electron chi connectivity index (χ1n) is 10.6. The van der Waals surface area contributed by atoms with Crippen molar-refractivity contribution in [3.8, 4) is 0 Å². The van der Waals surface area contributed by atoms with Gasteiger partial charge in [-0.25, -0.2) is 9.37 Å². The number of carbonyl (C=O) groups excluding carboxylic acids is 1. The number of hydrogen-bond acceptors (Lipinski definition) is 3. The van der Waals surface area contributed by atoms with Gasteiger partial charge in [0.2, 0.25) is 5.91 Å². The largest absolute Gasteiger partial charge is 0.349 e. The highest BCUT2D eigenvalue weighted by Crippen LogP contribution is 2.21. The van der Waals surface area contributed by atoms with Crippen LogP contribution in [0.2, 0.25) is 0 Å². The third-order valence-electron chi connectivity index (χ3n) is 5.51. The zero-order chi connectivity index (χ0) is 22.7. The standard InChI is InChI=1S/C25H25FN4O2/c1-16-13-19-5-3-4-6-23(19)30(16)12-11-24(31)29-22(18-7-9-20(26)10-8-18)14-21-15-25(32)28-17(2)27-21/h3-10,13,15,22H,11-12,14H2,1-2H3,(H,29,31)(H,27,28,32). The van der Waals surface area contributed by atoms with Crippen LogP contribution in [-0.2, 0) is 17.8 Å². The van der Waals surface area contributed by atoms with E-state index in [0.29, 0.717) is 30.9 Å². The molecule has 2 N–H and O–H groups in total. The fourth-order valence-corrected chi connectivity index (χ4v) is 4.03. The maximum absolute atomic E-state index is 13.4. The average molecular weight is 432 g/mol. The molecular weight excluding hydrogens is 407 g/mol. The van der Waals surface area contributed by atoms with E-state index in [-0.39, 0.29) is 17.3 Å². The molecule has 164 valence electrons. The van der Waals surface area contributed by atoms with Crippen molar-refractivity contribution in [1.82, 2.24) is 19.9 Å². The van der Waals surface area contributed by atoms with Gasteiger partial charge in [0.25, 0.3) is 5.56 Å². The van der Waals surface area contributed by atoms with E-state index in [4.69, 9.17) is 0 Å². The summed E-state index contributed by atoms with van der Waals surface area (Å²) < 4.78 is 15.6. The Labute approximate surface area is 185 Å². The molecule has 0 aliphatic heterocycles. The van der Waals surface area contributed by atoms with E-state index in [1.165, 1.54) is 18.2 Å². The number of aromatic amines is 1. The minimum absolute atomic E-state index is 0.127. The molecule has 0 radical (unpaired) electrons. The molecule has 1 atom stereocenters. The van der Waals surface area contributed by atoms with E-state index >= 15 is 0 Å². The molecule has 0 aliphatic carbocycles. The van der Waals surface area contributed by atoms with Crippen LogP contribution >= 0.6 is 0 Å². The number of hydrogen-bond donors (Lipinski definition) is 2. The highest BCUT2D eigenvalue weighted by molar-refractivity contribution is 5.82. The molecule has 2 aromatic heterocycles. The first kappa shape index (κ1) is 21.5. The van der Waals surface area contributed by atoms with Gasteiger partial charge in [0.15, 0.2) is 0 Å². The van der Waals surface area contributed by atoms with E-state index in [1.54, 1.807) is 19.1 Å². The van der Waals surface area contributed by atoms with Crippen molar-refractivity contribution in [2.24, 2.45) is 0 Å². The minimum atomic E-state index is -0.431. The number of amides is 1. The van der Waals surface area contributed by atoms with Gasteiger partial charge in [-0.3, -0.25) is 9.59 Å². The van der Waals surface area contributed by atoms with Crippen molar-refractivity contribution in [3.05, 3.63) is 99.6 Å². The second-order valence-electron chi connectivity index (χ2n) is 7.94. The Morgan fingerprint density at radius 1 is 1.12 bits per heavy atom. The summed E-state index contributed by atoms with van der Waals surface area (Å²) in [5.74, 6) is 0.0311. The third kappa shape index (κ3) is 4.94. The third-order valence-corrected chi connectivity index (χ3v) is 5.51. The number of carbonyl (C=O) groups is 1. The van der Waals surface area contributed by atoms with Crippen LogP contribution in [0.3, 0.4) is 0 Å². The summed E-state index contributed by atoms with van der Waals surface area (Å²) in [4.78, 5) is 31.7. The lowest BCUT2D eigenvalue weighted by Crippen LogP contribution is -2.31. The van der Waals surface area contributed by atoms with E-state index in [1.807, 2.05) is 25.1 Å². The van der Waals surface area contributed by atoms with Gasteiger partial charge in [0.05, 0.1) is 11.7 Å². The zero-order valence-corrected chi connectivity index (χ0v) is 18.1. The predicted octanol–water partition coefficient (Wildman–Crippen LogP) is 3.97. The summed E-state index contributed by atoms with van der Waals surface area (Å²) in [6.45, 7) is 4.28. The predicted molar refractivity (Wildman–Crippen MR) is 122 cm³/mol. The molecule has 2 aromatic carbocycles. The number of aryl methyl sites for hydroxylation is 3. The zero-order valence-electron chi connectivity index (χ0n) is 18.1. The number of para-hydroxylation sites is 1. The van der Waals surface area contributed by atoms with E-state index in [9.17, 15) is 14.0 Å². The number of H-pyrrole nitrogens is 1. The molecular formula is C25H25FN4O2. The smallest absolute Gasteiger partial charge is 0.251 e. The van der Waals surface area contributed by atoms with E-state index in [2.05, 4.69) is 32.0 Å². The highest BCUT2D eigenvalue weighted by atomic mass is 19.1. The lowest BCUT2D eigenvalue weighted by Gasteiger charge is -2.20. The summed E-state index contributed by atoms with van der Waals surface area (Å²) in [5, 5.41) is 4.19. The lowest BCUT2D eigenvalue weighted by molar-refractivity contribution is -0.122. The van der Waals surface area contributed by atoms with Gasteiger partial charge in [0.1, 0.15) is 11.6 Å². The van der Waals surface area contributed by atoms with Gasteiger partial charge in [-0.15, -0.1) is 0 Å². The first-order valence-corrected chi connectivity index (χ1v) is 10.6.